The quantitative estimate of drug-likeness (QED) is 0.811. The van der Waals surface area contributed by atoms with Crippen molar-refractivity contribution in [2.75, 3.05) is 6.26 Å². The number of nitrogens with zero attached hydrogens (tertiary/aromatic N) is 2. The molecule has 0 saturated carbocycles. The molecule has 1 aromatic rings. The molecule has 0 amide bonds. The van der Waals surface area contributed by atoms with E-state index in [0.29, 0.717) is 5.89 Å². The van der Waals surface area contributed by atoms with Gasteiger partial charge in [-0.1, -0.05) is 12.1 Å². The van der Waals surface area contributed by atoms with Crippen molar-refractivity contribution in [1.82, 2.24) is 10.1 Å². The maximum atomic E-state index is 5.83. The van der Waals surface area contributed by atoms with Crippen LogP contribution in [-0.2, 0) is 5.75 Å². The summed E-state index contributed by atoms with van der Waals surface area (Å²) in [5.41, 5.74) is 5.83. The predicted octanol–water partition coefficient (Wildman–Crippen LogP) is 1.77. The lowest BCUT2D eigenvalue weighted by atomic mass is 9.99. The first-order valence-electron chi connectivity index (χ1n) is 4.76. The van der Waals surface area contributed by atoms with Crippen molar-refractivity contribution in [2.24, 2.45) is 5.73 Å². The second-order valence-electron chi connectivity index (χ2n) is 3.36. The predicted molar refractivity (Wildman–Crippen MR) is 58.2 cm³/mol. The molecule has 0 fully saturated rings. The van der Waals surface area contributed by atoms with Gasteiger partial charge in [0, 0.05) is 6.04 Å². The number of rotatable bonds is 5. The van der Waals surface area contributed by atoms with Crippen LogP contribution in [0.2, 0.25) is 0 Å². The van der Waals surface area contributed by atoms with Crippen molar-refractivity contribution in [1.29, 1.82) is 0 Å². The van der Waals surface area contributed by atoms with E-state index in [1.807, 2.05) is 13.2 Å². The number of hydrogen-bond acceptors (Lipinski definition) is 5. The van der Waals surface area contributed by atoms with Crippen LogP contribution in [0.15, 0.2) is 4.52 Å². The summed E-state index contributed by atoms with van der Waals surface area (Å²) in [6.07, 6.45) is 2.94. The Morgan fingerprint density at radius 3 is 2.79 bits per heavy atom. The van der Waals surface area contributed by atoms with Crippen LogP contribution in [0.3, 0.4) is 0 Å². The zero-order chi connectivity index (χ0) is 10.6. The fraction of sp³-hybridized carbons (Fsp3) is 0.778. The first-order valence-corrected chi connectivity index (χ1v) is 6.15. The van der Waals surface area contributed by atoms with Crippen molar-refractivity contribution in [3.05, 3.63) is 11.7 Å². The molecule has 0 bridgehead atoms. The van der Waals surface area contributed by atoms with Gasteiger partial charge >= 0.3 is 0 Å². The lowest BCUT2D eigenvalue weighted by molar-refractivity contribution is 0.331. The van der Waals surface area contributed by atoms with Crippen LogP contribution < -0.4 is 5.73 Å². The topological polar surface area (TPSA) is 64.9 Å². The Balaban J connectivity index is 2.73. The van der Waals surface area contributed by atoms with E-state index in [4.69, 9.17) is 10.3 Å². The summed E-state index contributed by atoms with van der Waals surface area (Å²) >= 11 is 1.68. The number of thioether (sulfide) groups is 1. The van der Waals surface area contributed by atoms with E-state index in [9.17, 15) is 0 Å². The number of hydrogen-bond donors (Lipinski definition) is 1. The fourth-order valence-corrected chi connectivity index (χ4v) is 1.75. The van der Waals surface area contributed by atoms with E-state index in [1.165, 1.54) is 0 Å². The standard InChI is InChI=1S/C9H17N3OS/c1-4-7(6(2)10)9-11-8(5-14-3)12-13-9/h6-7H,4-5,10H2,1-3H3. The molecule has 0 spiro atoms. The Labute approximate surface area is 88.6 Å². The van der Waals surface area contributed by atoms with E-state index in [0.717, 1.165) is 18.0 Å². The van der Waals surface area contributed by atoms with Gasteiger partial charge in [0.25, 0.3) is 0 Å². The highest BCUT2D eigenvalue weighted by Gasteiger charge is 2.20. The molecule has 0 aliphatic carbocycles. The maximum absolute atomic E-state index is 5.83. The first kappa shape index (κ1) is 11.5. The summed E-state index contributed by atoms with van der Waals surface area (Å²) < 4.78 is 5.18. The van der Waals surface area contributed by atoms with Gasteiger partial charge in [0.15, 0.2) is 5.82 Å². The number of nitrogens with two attached hydrogens (primary N) is 1. The van der Waals surface area contributed by atoms with Gasteiger partial charge < -0.3 is 10.3 Å². The zero-order valence-corrected chi connectivity index (χ0v) is 9.67. The largest absolute Gasteiger partial charge is 0.339 e. The van der Waals surface area contributed by atoms with Crippen molar-refractivity contribution >= 4 is 11.8 Å². The SMILES string of the molecule is CCC(c1nc(CSC)no1)C(C)N. The lowest BCUT2D eigenvalue weighted by Gasteiger charge is -2.13. The van der Waals surface area contributed by atoms with Crippen molar-refractivity contribution in [3.63, 3.8) is 0 Å². The van der Waals surface area contributed by atoms with Gasteiger partial charge in [-0.25, -0.2) is 0 Å². The summed E-state index contributed by atoms with van der Waals surface area (Å²) in [6, 6.07) is 0.0579. The van der Waals surface area contributed by atoms with Gasteiger partial charge in [-0.05, 0) is 19.6 Å². The third kappa shape index (κ3) is 2.72. The Morgan fingerprint density at radius 1 is 1.57 bits per heavy atom. The van der Waals surface area contributed by atoms with E-state index in [1.54, 1.807) is 11.8 Å². The molecule has 0 radical (unpaired) electrons. The molecule has 80 valence electrons. The van der Waals surface area contributed by atoms with Gasteiger partial charge in [0.05, 0.1) is 11.7 Å². The minimum Gasteiger partial charge on any atom is -0.339 e. The molecule has 5 heteroatoms. The van der Waals surface area contributed by atoms with Crippen LogP contribution in [-0.4, -0.2) is 22.4 Å². The summed E-state index contributed by atoms with van der Waals surface area (Å²) in [4.78, 5) is 4.31. The highest BCUT2D eigenvalue weighted by molar-refractivity contribution is 7.97. The molecule has 2 unspecified atom stereocenters. The molecule has 1 heterocycles. The maximum Gasteiger partial charge on any atom is 0.231 e. The molecule has 0 aliphatic rings. The Kier molecular flexibility index (Phi) is 4.41. The average Bonchev–Trinajstić information content (AvgIpc) is 2.54. The van der Waals surface area contributed by atoms with Gasteiger partial charge in [-0.15, -0.1) is 0 Å². The third-order valence-electron chi connectivity index (χ3n) is 2.15. The molecule has 14 heavy (non-hydrogen) atoms. The van der Waals surface area contributed by atoms with Crippen LogP contribution in [0.5, 0.6) is 0 Å². The monoisotopic (exact) mass is 215 g/mol. The van der Waals surface area contributed by atoms with Gasteiger partial charge in [-0.2, -0.15) is 16.7 Å². The van der Waals surface area contributed by atoms with Crippen LogP contribution in [0.25, 0.3) is 0 Å². The normalized spacial score (nSPS) is 15.4. The molecule has 2 N–H and O–H groups in total. The second kappa shape index (κ2) is 5.36. The molecule has 2 atom stereocenters. The highest BCUT2D eigenvalue weighted by Crippen LogP contribution is 2.20. The third-order valence-corrected chi connectivity index (χ3v) is 2.70. The minimum atomic E-state index is 0.0579. The van der Waals surface area contributed by atoms with Crippen molar-refractivity contribution in [3.8, 4) is 0 Å². The van der Waals surface area contributed by atoms with E-state index < -0.39 is 0 Å². The highest BCUT2D eigenvalue weighted by atomic mass is 32.2. The summed E-state index contributed by atoms with van der Waals surface area (Å²) in [5.74, 6) is 2.40. The van der Waals surface area contributed by atoms with Crippen LogP contribution in [0, 0.1) is 0 Å². The molecule has 1 rings (SSSR count). The Hall–Kier alpha value is -0.550. The van der Waals surface area contributed by atoms with Crippen LogP contribution in [0.4, 0.5) is 0 Å². The summed E-state index contributed by atoms with van der Waals surface area (Å²) in [7, 11) is 0. The van der Waals surface area contributed by atoms with Gasteiger partial charge in [0.1, 0.15) is 0 Å². The summed E-state index contributed by atoms with van der Waals surface area (Å²) in [6.45, 7) is 4.04. The molecular weight excluding hydrogens is 198 g/mol. The van der Waals surface area contributed by atoms with Crippen molar-refractivity contribution < 1.29 is 4.52 Å². The van der Waals surface area contributed by atoms with Gasteiger partial charge in [-0.3, -0.25) is 0 Å². The minimum absolute atomic E-state index is 0.0579. The Morgan fingerprint density at radius 2 is 2.29 bits per heavy atom. The van der Waals surface area contributed by atoms with E-state index in [2.05, 4.69) is 17.1 Å². The molecule has 0 aromatic carbocycles. The number of aromatic nitrogens is 2. The Bertz CT molecular complexity index is 275. The smallest absolute Gasteiger partial charge is 0.231 e. The van der Waals surface area contributed by atoms with E-state index >= 15 is 0 Å². The van der Waals surface area contributed by atoms with Gasteiger partial charge in [0.2, 0.25) is 5.89 Å². The zero-order valence-electron chi connectivity index (χ0n) is 8.86. The first-order chi connectivity index (χ1) is 6.69. The fourth-order valence-electron chi connectivity index (χ4n) is 1.38. The summed E-state index contributed by atoms with van der Waals surface area (Å²) in [5, 5.41) is 3.89. The second-order valence-corrected chi connectivity index (χ2v) is 4.22. The molecular formula is C9H17N3OS. The molecule has 1 aromatic heterocycles. The van der Waals surface area contributed by atoms with Crippen LogP contribution in [0.1, 0.15) is 37.9 Å². The lowest BCUT2D eigenvalue weighted by Crippen LogP contribution is -2.24. The van der Waals surface area contributed by atoms with Crippen molar-refractivity contribution in [2.45, 2.75) is 38.0 Å². The van der Waals surface area contributed by atoms with Crippen LogP contribution >= 0.6 is 11.8 Å². The molecule has 4 nitrogen and oxygen atoms in total. The average molecular weight is 215 g/mol. The molecule has 0 aliphatic heterocycles. The molecule has 0 saturated heterocycles. The van der Waals surface area contributed by atoms with E-state index in [-0.39, 0.29) is 12.0 Å².